The fraction of sp³-hybridized carbons (Fsp3) is 0.857. The van der Waals surface area contributed by atoms with Crippen molar-refractivity contribution in [3.05, 3.63) is 0 Å². The number of methoxy groups -OCH3 is 1. The van der Waals surface area contributed by atoms with E-state index in [1.54, 1.807) is 7.11 Å². The van der Waals surface area contributed by atoms with Gasteiger partial charge in [-0.25, -0.2) is 0 Å². The van der Waals surface area contributed by atoms with Crippen molar-refractivity contribution in [1.82, 2.24) is 0 Å². The average molecular weight is 175 g/mol. The summed E-state index contributed by atoms with van der Waals surface area (Å²) >= 11 is 4.92. The Morgan fingerprint density at radius 2 is 2.09 bits per heavy atom. The first-order valence-electron chi connectivity index (χ1n) is 3.64. The highest BCUT2D eigenvalue weighted by molar-refractivity contribution is 7.80. The molecular weight excluding hydrogens is 162 g/mol. The van der Waals surface area contributed by atoms with E-state index in [-0.39, 0.29) is 0 Å². The molecule has 64 valence electrons. The third-order valence-corrected chi connectivity index (χ3v) is 2.51. The highest BCUT2D eigenvalue weighted by atomic mass is 32.1. The van der Waals surface area contributed by atoms with Gasteiger partial charge in [0.1, 0.15) is 10.6 Å². The zero-order valence-electron chi connectivity index (χ0n) is 6.63. The van der Waals surface area contributed by atoms with Crippen LogP contribution < -0.4 is 5.73 Å². The van der Waals surface area contributed by atoms with Crippen LogP contribution in [0, 0.1) is 0 Å². The van der Waals surface area contributed by atoms with Gasteiger partial charge in [-0.3, -0.25) is 0 Å². The van der Waals surface area contributed by atoms with E-state index >= 15 is 0 Å². The van der Waals surface area contributed by atoms with Crippen molar-refractivity contribution in [2.45, 2.75) is 18.4 Å². The van der Waals surface area contributed by atoms with Crippen LogP contribution in [0.15, 0.2) is 0 Å². The lowest BCUT2D eigenvalue weighted by molar-refractivity contribution is -0.0452. The molecule has 0 atom stereocenters. The lowest BCUT2D eigenvalue weighted by Gasteiger charge is -2.34. The van der Waals surface area contributed by atoms with Gasteiger partial charge in [0.15, 0.2) is 0 Å². The maximum Gasteiger partial charge on any atom is 0.122 e. The van der Waals surface area contributed by atoms with E-state index in [9.17, 15) is 0 Å². The van der Waals surface area contributed by atoms with E-state index in [0.29, 0.717) is 18.2 Å². The smallest absolute Gasteiger partial charge is 0.122 e. The lowest BCUT2D eigenvalue weighted by atomic mass is 9.94. The summed E-state index contributed by atoms with van der Waals surface area (Å²) in [6.45, 7) is 1.37. The van der Waals surface area contributed by atoms with Gasteiger partial charge in [-0.2, -0.15) is 0 Å². The predicted octanol–water partition coefficient (Wildman–Crippen LogP) is 0.468. The van der Waals surface area contributed by atoms with E-state index in [0.717, 1.165) is 12.8 Å². The monoisotopic (exact) mass is 175 g/mol. The molecular formula is C7H13NO2S. The Morgan fingerprint density at radius 3 is 2.36 bits per heavy atom. The van der Waals surface area contributed by atoms with Crippen LogP contribution in [0.4, 0.5) is 0 Å². The Bertz CT molecular complexity index is 155. The van der Waals surface area contributed by atoms with Gasteiger partial charge >= 0.3 is 0 Å². The van der Waals surface area contributed by atoms with Crippen molar-refractivity contribution in [3.8, 4) is 0 Å². The summed E-state index contributed by atoms with van der Waals surface area (Å²) in [6.07, 6.45) is 1.55. The van der Waals surface area contributed by atoms with E-state index in [1.807, 2.05) is 0 Å². The Kier molecular flexibility index (Phi) is 2.81. The summed E-state index contributed by atoms with van der Waals surface area (Å²) in [4.78, 5) is 0.448. The topological polar surface area (TPSA) is 44.5 Å². The minimum atomic E-state index is -0.395. The van der Waals surface area contributed by atoms with Crippen LogP contribution in [0.3, 0.4) is 0 Å². The van der Waals surface area contributed by atoms with Crippen molar-refractivity contribution in [1.29, 1.82) is 0 Å². The number of nitrogens with two attached hydrogens (primary N) is 1. The van der Waals surface area contributed by atoms with Crippen molar-refractivity contribution in [2.75, 3.05) is 20.3 Å². The van der Waals surface area contributed by atoms with E-state index in [2.05, 4.69) is 0 Å². The molecule has 0 aromatic rings. The van der Waals surface area contributed by atoms with Gasteiger partial charge in [-0.05, 0) is 0 Å². The van der Waals surface area contributed by atoms with E-state index in [1.165, 1.54) is 0 Å². The molecule has 1 saturated heterocycles. The van der Waals surface area contributed by atoms with E-state index < -0.39 is 5.60 Å². The highest BCUT2D eigenvalue weighted by Crippen LogP contribution is 2.24. The molecule has 1 rings (SSSR count). The van der Waals surface area contributed by atoms with E-state index in [4.69, 9.17) is 27.4 Å². The van der Waals surface area contributed by atoms with Gasteiger partial charge in [0.05, 0.1) is 0 Å². The summed E-state index contributed by atoms with van der Waals surface area (Å²) < 4.78 is 10.5. The number of thiocarbonyl (C=S) groups is 1. The minimum absolute atomic E-state index is 0.395. The second kappa shape index (κ2) is 3.47. The van der Waals surface area contributed by atoms with Crippen molar-refractivity contribution < 1.29 is 9.47 Å². The summed E-state index contributed by atoms with van der Waals surface area (Å²) in [7, 11) is 1.64. The normalized spacial score (nSPS) is 23.0. The van der Waals surface area contributed by atoms with Crippen molar-refractivity contribution >= 4 is 17.2 Å². The van der Waals surface area contributed by atoms with Crippen LogP contribution in [0.25, 0.3) is 0 Å². The number of ether oxygens (including phenoxy) is 2. The molecule has 1 fully saturated rings. The number of hydrogen-bond acceptors (Lipinski definition) is 3. The molecule has 1 heterocycles. The average Bonchev–Trinajstić information content (AvgIpc) is 2.05. The van der Waals surface area contributed by atoms with Crippen molar-refractivity contribution in [3.63, 3.8) is 0 Å². The molecule has 0 saturated carbocycles. The van der Waals surface area contributed by atoms with Crippen LogP contribution in [-0.2, 0) is 9.47 Å². The Morgan fingerprint density at radius 1 is 1.55 bits per heavy atom. The quantitative estimate of drug-likeness (QED) is 0.620. The zero-order valence-corrected chi connectivity index (χ0v) is 7.45. The van der Waals surface area contributed by atoms with Gasteiger partial charge in [0.25, 0.3) is 0 Å². The lowest BCUT2D eigenvalue weighted by Crippen LogP contribution is -2.48. The highest BCUT2D eigenvalue weighted by Gasteiger charge is 2.35. The fourth-order valence-electron chi connectivity index (χ4n) is 1.25. The van der Waals surface area contributed by atoms with Gasteiger partial charge in [-0.1, -0.05) is 12.2 Å². The molecule has 0 unspecified atom stereocenters. The molecule has 0 bridgehead atoms. The summed E-state index contributed by atoms with van der Waals surface area (Å²) in [5.74, 6) is 0. The van der Waals surface area contributed by atoms with Crippen LogP contribution in [0.2, 0.25) is 0 Å². The molecule has 4 heteroatoms. The van der Waals surface area contributed by atoms with Crippen LogP contribution in [0.1, 0.15) is 12.8 Å². The molecule has 11 heavy (non-hydrogen) atoms. The molecule has 3 nitrogen and oxygen atoms in total. The van der Waals surface area contributed by atoms with Crippen molar-refractivity contribution in [2.24, 2.45) is 5.73 Å². The molecule has 0 amide bonds. The number of hydrogen-bond donors (Lipinski definition) is 1. The molecule has 2 N–H and O–H groups in total. The van der Waals surface area contributed by atoms with Crippen LogP contribution in [-0.4, -0.2) is 30.9 Å². The molecule has 0 aromatic carbocycles. The van der Waals surface area contributed by atoms with Gasteiger partial charge in [0, 0.05) is 33.2 Å². The summed E-state index contributed by atoms with van der Waals surface area (Å²) in [5.41, 5.74) is 5.17. The summed E-state index contributed by atoms with van der Waals surface area (Å²) in [6, 6.07) is 0. The number of rotatable bonds is 2. The zero-order chi connectivity index (χ0) is 8.32. The molecule has 0 aliphatic carbocycles. The SMILES string of the molecule is COC1(C(N)=S)CCOCC1. The molecule has 0 radical (unpaired) electrons. The van der Waals surface area contributed by atoms with Crippen LogP contribution >= 0.6 is 12.2 Å². The maximum absolute atomic E-state index is 5.56. The maximum atomic E-state index is 5.56. The second-order valence-corrected chi connectivity index (χ2v) is 3.11. The first-order valence-corrected chi connectivity index (χ1v) is 4.05. The van der Waals surface area contributed by atoms with Crippen LogP contribution in [0.5, 0.6) is 0 Å². The third kappa shape index (κ3) is 1.69. The van der Waals surface area contributed by atoms with Gasteiger partial charge in [-0.15, -0.1) is 0 Å². The first-order chi connectivity index (χ1) is 5.21. The second-order valence-electron chi connectivity index (χ2n) is 2.68. The predicted molar refractivity (Wildman–Crippen MR) is 46.6 cm³/mol. The Balaban J connectivity index is 2.64. The molecule has 0 spiro atoms. The fourth-order valence-corrected chi connectivity index (χ4v) is 1.54. The Labute approximate surface area is 71.8 Å². The summed E-state index contributed by atoms with van der Waals surface area (Å²) in [5, 5.41) is 0. The minimum Gasteiger partial charge on any atom is -0.391 e. The Hall–Kier alpha value is -0.190. The first kappa shape index (κ1) is 8.90. The largest absolute Gasteiger partial charge is 0.391 e. The van der Waals surface area contributed by atoms with Gasteiger partial charge < -0.3 is 15.2 Å². The molecule has 1 aliphatic rings. The van der Waals surface area contributed by atoms with Gasteiger partial charge in [0.2, 0.25) is 0 Å². The third-order valence-electron chi connectivity index (χ3n) is 2.14. The molecule has 1 aliphatic heterocycles. The standard InChI is InChI=1S/C7H13NO2S/c1-9-7(6(8)11)2-4-10-5-3-7/h2-5H2,1H3,(H2,8,11). The molecule has 0 aromatic heterocycles.